The Bertz CT molecular complexity index is 822. The molecule has 0 fully saturated rings. The van der Waals surface area contributed by atoms with Crippen molar-refractivity contribution in [3.8, 4) is 0 Å². The first kappa shape index (κ1) is 22.5. The Hall–Kier alpha value is -2.20. The van der Waals surface area contributed by atoms with Crippen molar-refractivity contribution in [3.63, 3.8) is 0 Å². The minimum Gasteiger partial charge on any atom is -0.416 e. The lowest BCUT2D eigenvalue weighted by molar-refractivity contribution is 0.0350. The van der Waals surface area contributed by atoms with Gasteiger partial charge in [0.25, 0.3) is 0 Å². The highest BCUT2D eigenvalue weighted by molar-refractivity contribution is 6.70. The van der Waals surface area contributed by atoms with Gasteiger partial charge in [-0.3, -0.25) is 0 Å². The van der Waals surface area contributed by atoms with E-state index in [1.54, 1.807) is 7.11 Å². The molecule has 3 aromatic rings. The molecule has 0 aliphatic carbocycles. The van der Waals surface area contributed by atoms with Crippen LogP contribution in [0.3, 0.4) is 0 Å². The normalized spacial score (nSPS) is 12.1. The van der Waals surface area contributed by atoms with Crippen molar-refractivity contribution in [1.29, 1.82) is 0 Å². The number of rotatable bonds is 11. The highest BCUT2D eigenvalue weighted by atomic mass is 28.4. The van der Waals surface area contributed by atoms with Crippen LogP contribution < -0.4 is 0 Å². The first-order valence-electron chi connectivity index (χ1n) is 10.8. The summed E-state index contributed by atoms with van der Waals surface area (Å²) in [4.78, 5) is 0. The van der Waals surface area contributed by atoms with Crippen LogP contribution in [0.15, 0.2) is 91.0 Å². The highest BCUT2D eigenvalue weighted by Gasteiger charge is 2.35. The highest BCUT2D eigenvalue weighted by Crippen LogP contribution is 2.31. The van der Waals surface area contributed by atoms with E-state index in [4.69, 9.17) is 9.16 Å². The molecule has 0 unspecified atom stereocenters. The topological polar surface area (TPSA) is 18.5 Å². The predicted molar refractivity (Wildman–Crippen MR) is 128 cm³/mol. The van der Waals surface area contributed by atoms with Gasteiger partial charge in [-0.2, -0.15) is 0 Å². The summed E-state index contributed by atoms with van der Waals surface area (Å²) in [5, 5.41) is 0. The molecule has 0 aliphatic rings. The lowest BCUT2D eigenvalue weighted by atomic mass is 9.78. The van der Waals surface area contributed by atoms with E-state index in [0.29, 0.717) is 13.2 Å². The minimum atomic E-state index is -1.87. The molecule has 3 rings (SSSR count). The maximum atomic E-state index is 6.75. The second-order valence-electron chi connectivity index (χ2n) is 8.97. The van der Waals surface area contributed by atoms with Crippen molar-refractivity contribution < 1.29 is 9.16 Å². The van der Waals surface area contributed by atoms with Gasteiger partial charge in [0.05, 0.1) is 6.61 Å². The van der Waals surface area contributed by atoms with Gasteiger partial charge in [0.1, 0.15) is 0 Å². The van der Waals surface area contributed by atoms with E-state index in [-0.39, 0.29) is 5.41 Å². The standard InChI is InChI=1S/C27H34O2Si/c1-28-22-27(19-24-13-7-4-8-14-24,20-25-15-9-5-10-16-25)23-29-30(2,3)21-26-17-11-6-12-18-26/h4-18H,19-23H2,1-3H3. The Balaban J connectivity index is 1.81. The number of hydrogen-bond acceptors (Lipinski definition) is 2. The summed E-state index contributed by atoms with van der Waals surface area (Å²) >= 11 is 0. The lowest BCUT2D eigenvalue weighted by Gasteiger charge is -2.37. The molecule has 0 radical (unpaired) electrons. The summed E-state index contributed by atoms with van der Waals surface area (Å²) in [6.07, 6.45) is 1.87. The van der Waals surface area contributed by atoms with E-state index < -0.39 is 8.32 Å². The third-order valence-corrected chi connectivity index (χ3v) is 7.72. The van der Waals surface area contributed by atoms with Gasteiger partial charge in [-0.1, -0.05) is 91.0 Å². The molecule has 0 saturated carbocycles. The van der Waals surface area contributed by atoms with Crippen LogP contribution in [0.25, 0.3) is 0 Å². The van der Waals surface area contributed by atoms with Crippen LogP contribution in [-0.4, -0.2) is 28.6 Å². The van der Waals surface area contributed by atoms with Crippen molar-refractivity contribution in [3.05, 3.63) is 108 Å². The largest absolute Gasteiger partial charge is 0.416 e. The molecular formula is C27H34O2Si. The molecule has 0 bridgehead atoms. The van der Waals surface area contributed by atoms with Crippen LogP contribution in [0.5, 0.6) is 0 Å². The third-order valence-electron chi connectivity index (χ3n) is 5.54. The number of ether oxygens (including phenoxy) is 1. The molecule has 3 aromatic carbocycles. The van der Waals surface area contributed by atoms with E-state index in [9.17, 15) is 0 Å². The van der Waals surface area contributed by atoms with Crippen LogP contribution in [0.4, 0.5) is 0 Å². The zero-order valence-corrected chi connectivity index (χ0v) is 19.5. The molecule has 158 valence electrons. The molecule has 0 amide bonds. The molecule has 0 aromatic heterocycles. The van der Waals surface area contributed by atoms with Crippen LogP contribution >= 0.6 is 0 Å². The summed E-state index contributed by atoms with van der Waals surface area (Å²) in [6.45, 7) is 6.02. The summed E-state index contributed by atoms with van der Waals surface area (Å²) < 4.78 is 12.5. The SMILES string of the molecule is COCC(CO[Si](C)(C)Cc1ccccc1)(Cc1ccccc1)Cc1ccccc1. The van der Waals surface area contributed by atoms with Gasteiger partial charge in [0.15, 0.2) is 8.32 Å². The summed E-state index contributed by atoms with van der Waals surface area (Å²) in [6, 6.07) is 33.2. The molecular weight excluding hydrogens is 384 g/mol. The molecule has 0 atom stereocenters. The van der Waals surface area contributed by atoms with Crippen molar-refractivity contribution in [2.75, 3.05) is 20.3 Å². The first-order chi connectivity index (χ1) is 14.5. The van der Waals surface area contributed by atoms with Crippen molar-refractivity contribution in [1.82, 2.24) is 0 Å². The Labute approximate surface area is 183 Å². The van der Waals surface area contributed by atoms with Gasteiger partial charge < -0.3 is 9.16 Å². The van der Waals surface area contributed by atoms with E-state index in [2.05, 4.69) is 104 Å². The van der Waals surface area contributed by atoms with Crippen molar-refractivity contribution in [2.24, 2.45) is 5.41 Å². The zero-order chi connectivity index (χ0) is 21.3. The predicted octanol–water partition coefficient (Wildman–Crippen LogP) is 6.11. The molecule has 0 N–H and O–H groups in total. The number of hydrogen-bond donors (Lipinski definition) is 0. The molecule has 0 spiro atoms. The number of benzene rings is 3. The van der Waals surface area contributed by atoms with Crippen LogP contribution in [0.1, 0.15) is 16.7 Å². The fraction of sp³-hybridized carbons (Fsp3) is 0.333. The third kappa shape index (κ3) is 6.94. The van der Waals surface area contributed by atoms with Crippen LogP contribution in [0, 0.1) is 5.41 Å². The zero-order valence-electron chi connectivity index (χ0n) is 18.5. The smallest absolute Gasteiger partial charge is 0.191 e. The molecule has 30 heavy (non-hydrogen) atoms. The molecule has 0 saturated heterocycles. The maximum Gasteiger partial charge on any atom is 0.191 e. The van der Waals surface area contributed by atoms with Crippen molar-refractivity contribution >= 4 is 8.32 Å². The summed E-state index contributed by atoms with van der Waals surface area (Å²) in [5.41, 5.74) is 3.92. The fourth-order valence-electron chi connectivity index (χ4n) is 4.16. The Morgan fingerprint density at radius 3 is 1.50 bits per heavy atom. The van der Waals surface area contributed by atoms with Crippen LogP contribution in [-0.2, 0) is 28.0 Å². The van der Waals surface area contributed by atoms with Crippen molar-refractivity contribution in [2.45, 2.75) is 32.0 Å². The van der Waals surface area contributed by atoms with E-state index in [1.807, 2.05) is 0 Å². The van der Waals surface area contributed by atoms with Gasteiger partial charge >= 0.3 is 0 Å². The van der Waals surface area contributed by atoms with E-state index in [1.165, 1.54) is 16.7 Å². The molecule has 2 nitrogen and oxygen atoms in total. The van der Waals surface area contributed by atoms with Gasteiger partial charge in [0, 0.05) is 19.1 Å². The minimum absolute atomic E-state index is 0.0988. The van der Waals surface area contributed by atoms with Gasteiger partial charge in [-0.05, 0) is 48.7 Å². The fourth-order valence-corrected chi connectivity index (χ4v) is 6.18. The molecule has 3 heteroatoms. The van der Waals surface area contributed by atoms with Gasteiger partial charge in [-0.25, -0.2) is 0 Å². The monoisotopic (exact) mass is 418 g/mol. The maximum absolute atomic E-state index is 6.75. The van der Waals surface area contributed by atoms with Gasteiger partial charge in [0.2, 0.25) is 0 Å². The Morgan fingerprint density at radius 2 is 1.07 bits per heavy atom. The van der Waals surface area contributed by atoms with Gasteiger partial charge in [-0.15, -0.1) is 0 Å². The van der Waals surface area contributed by atoms with E-state index >= 15 is 0 Å². The molecule has 0 aliphatic heterocycles. The average molecular weight is 419 g/mol. The van der Waals surface area contributed by atoms with Crippen LogP contribution in [0.2, 0.25) is 13.1 Å². The molecule has 0 heterocycles. The van der Waals surface area contributed by atoms with E-state index in [0.717, 1.165) is 18.9 Å². The quantitative estimate of drug-likeness (QED) is 0.350. The Morgan fingerprint density at radius 1 is 0.633 bits per heavy atom. The summed E-state index contributed by atoms with van der Waals surface area (Å²) in [5.74, 6) is 0. The number of methoxy groups -OCH3 is 1. The lowest BCUT2D eigenvalue weighted by Crippen LogP contribution is -2.43. The Kier molecular flexibility index (Phi) is 8.03. The second kappa shape index (κ2) is 10.7. The summed E-state index contributed by atoms with van der Waals surface area (Å²) in [7, 11) is -0.0701. The second-order valence-corrected chi connectivity index (χ2v) is 13.1. The average Bonchev–Trinajstić information content (AvgIpc) is 2.75. The first-order valence-corrected chi connectivity index (χ1v) is 13.9.